The van der Waals surface area contributed by atoms with E-state index in [0.29, 0.717) is 24.5 Å². The van der Waals surface area contributed by atoms with Gasteiger partial charge in [-0.2, -0.15) is 0 Å². The Bertz CT molecular complexity index is 1440. The van der Waals surface area contributed by atoms with Gasteiger partial charge in [-0.1, -0.05) is 31.2 Å². The first-order valence-corrected chi connectivity index (χ1v) is 15.4. The van der Waals surface area contributed by atoms with E-state index in [-0.39, 0.29) is 30.9 Å². The quantitative estimate of drug-likeness (QED) is 0.200. The number of hydrogen-bond donors (Lipinski definition) is 3. The molecule has 1 heterocycles. The van der Waals surface area contributed by atoms with Crippen LogP contribution in [0.2, 0.25) is 0 Å². The Morgan fingerprint density at radius 1 is 1.23 bits per heavy atom. The lowest BCUT2D eigenvalue weighted by Crippen LogP contribution is -2.57. The van der Waals surface area contributed by atoms with Crippen LogP contribution in [0, 0.1) is 5.92 Å². The molecule has 0 bridgehead atoms. The molecule has 1 aromatic heterocycles. The number of nitrogens with zero attached hydrogens (tertiary/aromatic N) is 2. The van der Waals surface area contributed by atoms with Crippen molar-refractivity contribution in [3.05, 3.63) is 60.8 Å². The number of carbonyl (C=O) groups is 3. The second-order valence-corrected chi connectivity index (χ2v) is 11.5. The number of nitrogens with one attached hydrogen (secondary N) is 3. The van der Waals surface area contributed by atoms with Crippen molar-refractivity contribution in [1.29, 1.82) is 0 Å². The van der Waals surface area contributed by atoms with E-state index in [1.165, 1.54) is 0 Å². The van der Waals surface area contributed by atoms with Crippen LogP contribution in [-0.2, 0) is 9.59 Å². The molecule has 0 saturated heterocycles. The van der Waals surface area contributed by atoms with E-state index in [0.717, 1.165) is 54.3 Å². The fourth-order valence-electron chi connectivity index (χ4n) is 5.43. The van der Waals surface area contributed by atoms with Gasteiger partial charge in [0.15, 0.2) is 0 Å². The average Bonchev–Trinajstić information content (AvgIpc) is 3.70. The van der Waals surface area contributed by atoms with Gasteiger partial charge in [0.1, 0.15) is 23.1 Å². The number of amides is 4. The van der Waals surface area contributed by atoms with Crippen LogP contribution in [0.15, 0.2) is 55.1 Å². The number of hydrogen-bond acceptors (Lipinski definition) is 6. The van der Waals surface area contributed by atoms with Crippen molar-refractivity contribution in [2.24, 2.45) is 5.92 Å². The van der Waals surface area contributed by atoms with Gasteiger partial charge in [0.25, 0.3) is 0 Å². The molecule has 236 valence electrons. The van der Waals surface area contributed by atoms with Crippen LogP contribution in [0.5, 0.6) is 11.5 Å². The van der Waals surface area contributed by atoms with Crippen molar-refractivity contribution in [1.82, 2.24) is 25.8 Å². The molecule has 2 aliphatic rings. The fourth-order valence-corrected chi connectivity index (χ4v) is 5.43. The van der Waals surface area contributed by atoms with Crippen LogP contribution in [-0.4, -0.2) is 73.7 Å². The van der Waals surface area contributed by atoms with Crippen LogP contribution in [0.3, 0.4) is 0 Å². The first kappa shape index (κ1) is 32.6. The number of likely N-dealkylation sites (N-methyl/N-ethyl adjacent to an activating group) is 1. The summed E-state index contributed by atoms with van der Waals surface area (Å²) in [6.45, 7) is 6.35. The van der Waals surface area contributed by atoms with E-state index >= 15 is 0 Å². The highest BCUT2D eigenvalue weighted by atomic mass is 16.5. The van der Waals surface area contributed by atoms with Crippen molar-refractivity contribution in [3.63, 3.8) is 0 Å². The van der Waals surface area contributed by atoms with Gasteiger partial charge in [-0.15, -0.1) is 6.58 Å². The molecule has 0 spiro atoms. The van der Waals surface area contributed by atoms with Crippen molar-refractivity contribution < 1.29 is 23.9 Å². The predicted molar refractivity (Wildman–Crippen MR) is 172 cm³/mol. The molecule has 4 rings (SSSR count). The Balaban J connectivity index is 1.52. The molecule has 1 aromatic carbocycles. The van der Waals surface area contributed by atoms with Gasteiger partial charge < -0.3 is 30.3 Å². The van der Waals surface area contributed by atoms with E-state index in [9.17, 15) is 14.4 Å². The first-order valence-electron chi connectivity index (χ1n) is 15.4. The Hall–Kier alpha value is -4.34. The van der Waals surface area contributed by atoms with Gasteiger partial charge in [0.05, 0.1) is 24.9 Å². The summed E-state index contributed by atoms with van der Waals surface area (Å²) in [5.41, 5.74) is 1.56. The van der Waals surface area contributed by atoms with Crippen molar-refractivity contribution in [2.45, 2.75) is 63.5 Å². The number of aromatic nitrogens is 1. The molecular weight excluding hydrogens is 558 g/mol. The minimum absolute atomic E-state index is 0.00623. The van der Waals surface area contributed by atoms with Gasteiger partial charge in [0.2, 0.25) is 11.8 Å². The highest BCUT2D eigenvalue weighted by molar-refractivity contribution is 5.97. The lowest BCUT2D eigenvalue weighted by molar-refractivity contribution is -0.131. The third kappa shape index (κ3) is 7.78. The van der Waals surface area contributed by atoms with Gasteiger partial charge in [-0.3, -0.25) is 9.59 Å². The number of unbranched alkanes of at least 4 members (excludes halogenated alkanes) is 2. The summed E-state index contributed by atoms with van der Waals surface area (Å²) in [5.74, 6) is 0.644. The molecule has 3 N–H and O–H groups in total. The van der Waals surface area contributed by atoms with Gasteiger partial charge in [-0.05, 0) is 62.1 Å². The molecule has 3 atom stereocenters. The van der Waals surface area contributed by atoms with Crippen molar-refractivity contribution in [3.8, 4) is 11.5 Å². The van der Waals surface area contributed by atoms with Gasteiger partial charge >= 0.3 is 6.03 Å². The second-order valence-electron chi connectivity index (χ2n) is 11.5. The molecule has 2 aliphatic carbocycles. The monoisotopic (exact) mass is 603 g/mol. The molecule has 1 fully saturated rings. The zero-order valence-electron chi connectivity index (χ0n) is 26.3. The number of ether oxygens (including phenoxy) is 2. The van der Waals surface area contributed by atoms with E-state index in [1.54, 1.807) is 26.1 Å². The third-order valence-electron chi connectivity index (χ3n) is 8.33. The Morgan fingerprint density at radius 2 is 2.02 bits per heavy atom. The summed E-state index contributed by atoms with van der Waals surface area (Å²) in [5, 5.41) is 9.26. The molecule has 44 heavy (non-hydrogen) atoms. The molecule has 2 aromatic rings. The van der Waals surface area contributed by atoms with E-state index in [2.05, 4.69) is 40.8 Å². The number of urea groups is 1. The van der Waals surface area contributed by atoms with Crippen LogP contribution in [0.25, 0.3) is 16.5 Å². The zero-order valence-corrected chi connectivity index (χ0v) is 26.3. The molecule has 10 heteroatoms. The summed E-state index contributed by atoms with van der Waals surface area (Å²) < 4.78 is 11.7. The normalized spacial score (nSPS) is 19.4. The fraction of sp³-hybridized carbons (Fsp3) is 0.471. The van der Waals surface area contributed by atoms with Gasteiger partial charge in [0, 0.05) is 44.6 Å². The Kier molecular flexibility index (Phi) is 11.0. The summed E-state index contributed by atoms with van der Waals surface area (Å²) in [4.78, 5) is 45.7. The molecule has 2 unspecified atom stereocenters. The van der Waals surface area contributed by atoms with Crippen LogP contribution < -0.4 is 25.4 Å². The van der Waals surface area contributed by atoms with E-state index in [1.807, 2.05) is 37.3 Å². The maximum atomic E-state index is 13.6. The highest BCUT2D eigenvalue weighted by Crippen LogP contribution is 2.43. The number of rotatable bonds is 15. The zero-order chi connectivity index (χ0) is 31.7. The van der Waals surface area contributed by atoms with E-state index in [4.69, 9.17) is 14.5 Å². The molecule has 4 amide bonds. The minimum atomic E-state index is -0.969. The largest absolute Gasteiger partial charge is 0.497 e. The summed E-state index contributed by atoms with van der Waals surface area (Å²) in [6.07, 6.45) is 13.5. The first-order chi connectivity index (χ1) is 21.2. The number of benzene rings is 1. The van der Waals surface area contributed by atoms with Crippen molar-refractivity contribution >= 4 is 34.3 Å². The standard InChI is InChI=1S/C34H45N5O5/c1-6-7-8-12-18-39(4)33(42)37-27(31(40)38-34(22-23(34)2)32(41)35-3)17-19-44-30-21-28(24-13-10-9-11-14-24)36-29-20-25(43-5)15-16-26(29)30/h6,10,13-16,20-21,23,27H,1,7-9,11-12,17-19,22H2,2-5H3,(H,35,41)(H,37,42)(H,38,40)/t23?,27?,34-/m1/s1. The van der Waals surface area contributed by atoms with Crippen LogP contribution in [0.1, 0.15) is 57.6 Å². The number of fused-ring (bicyclic) bond motifs is 1. The summed E-state index contributed by atoms with van der Waals surface area (Å²) in [6, 6.07) is 6.26. The smallest absolute Gasteiger partial charge is 0.317 e. The molecular formula is C34H45N5O5. The Morgan fingerprint density at radius 3 is 2.68 bits per heavy atom. The van der Waals surface area contributed by atoms with Crippen molar-refractivity contribution in [2.75, 3.05) is 34.4 Å². The van der Waals surface area contributed by atoms with Gasteiger partial charge in [-0.25, -0.2) is 9.78 Å². The molecule has 0 radical (unpaired) electrons. The minimum Gasteiger partial charge on any atom is -0.497 e. The number of methoxy groups -OCH3 is 1. The van der Waals surface area contributed by atoms with Crippen LogP contribution >= 0.6 is 0 Å². The SMILES string of the molecule is C=CCCCCN(C)C(=O)NC(CCOc1cc(C2=CCCC=C2)nc2cc(OC)ccc12)C(=O)N[C@]1(C(=O)NC)CC1C. The summed E-state index contributed by atoms with van der Waals surface area (Å²) in [7, 11) is 4.87. The molecule has 10 nitrogen and oxygen atoms in total. The number of allylic oxidation sites excluding steroid dienone is 5. The second kappa shape index (κ2) is 14.9. The lowest BCUT2D eigenvalue weighted by atomic mass is 10.0. The number of pyridine rings is 1. The number of carbonyl (C=O) groups excluding carboxylic acids is 3. The maximum absolute atomic E-state index is 13.6. The molecule has 1 saturated carbocycles. The third-order valence-corrected chi connectivity index (χ3v) is 8.33. The molecule has 0 aliphatic heterocycles. The topological polar surface area (TPSA) is 122 Å². The maximum Gasteiger partial charge on any atom is 0.317 e. The predicted octanol–water partition coefficient (Wildman–Crippen LogP) is 4.75. The van der Waals surface area contributed by atoms with Crippen LogP contribution in [0.4, 0.5) is 4.79 Å². The average molecular weight is 604 g/mol. The highest BCUT2D eigenvalue weighted by Gasteiger charge is 2.58. The summed E-state index contributed by atoms with van der Waals surface area (Å²) >= 11 is 0. The lowest BCUT2D eigenvalue weighted by Gasteiger charge is -2.26. The van der Waals surface area contributed by atoms with E-state index < -0.39 is 17.5 Å². The Labute approximate surface area is 259 Å².